The number of aromatic nitrogens is 2. The van der Waals surface area contributed by atoms with E-state index in [4.69, 9.17) is 24.7 Å². The fourth-order valence-corrected chi connectivity index (χ4v) is 5.73. The van der Waals surface area contributed by atoms with Crippen LogP contribution < -0.4 is 5.73 Å². The van der Waals surface area contributed by atoms with E-state index < -0.39 is 41.7 Å². The van der Waals surface area contributed by atoms with E-state index in [-0.39, 0.29) is 23.7 Å². The Morgan fingerprint density at radius 1 is 0.925 bits per heavy atom. The first-order valence-electron chi connectivity index (χ1n) is 13.2. The van der Waals surface area contributed by atoms with Crippen molar-refractivity contribution in [1.82, 2.24) is 10.2 Å². The molecule has 0 radical (unpaired) electrons. The second-order valence-corrected chi connectivity index (χ2v) is 10.4. The van der Waals surface area contributed by atoms with Gasteiger partial charge < -0.3 is 29.8 Å². The lowest BCUT2D eigenvalue weighted by Crippen LogP contribution is -2.39. The molecule has 2 saturated heterocycles. The summed E-state index contributed by atoms with van der Waals surface area (Å²) in [4.78, 5) is 11.7. The molecule has 4 N–H and O–H groups in total. The first-order chi connectivity index (χ1) is 19.3. The molecule has 0 saturated carbocycles. The van der Waals surface area contributed by atoms with E-state index in [1.54, 1.807) is 0 Å². The van der Waals surface area contributed by atoms with Gasteiger partial charge in [-0.05, 0) is 30.5 Å². The molecule has 2 unspecified atom stereocenters. The summed E-state index contributed by atoms with van der Waals surface area (Å²) < 4.78 is 25.9. The van der Waals surface area contributed by atoms with E-state index in [0.29, 0.717) is 0 Å². The molecule has 0 aliphatic carbocycles. The Morgan fingerprint density at radius 3 is 1.90 bits per heavy atom. The first kappa shape index (κ1) is 26.2. The minimum atomic E-state index is -0.955. The van der Waals surface area contributed by atoms with Crippen LogP contribution in [0.2, 0.25) is 0 Å². The largest absolute Gasteiger partial charge is 0.504 e. The highest BCUT2D eigenvalue weighted by Gasteiger charge is 2.57. The lowest BCUT2D eigenvalue weighted by atomic mass is 9.80. The van der Waals surface area contributed by atoms with Gasteiger partial charge in [0.25, 0.3) is 5.91 Å². The van der Waals surface area contributed by atoms with E-state index in [1.807, 2.05) is 105 Å². The highest BCUT2D eigenvalue weighted by molar-refractivity contribution is 5.93. The van der Waals surface area contributed by atoms with Crippen molar-refractivity contribution in [2.75, 3.05) is 6.61 Å². The molecular weight excluding hydrogens is 510 g/mol. The zero-order chi connectivity index (χ0) is 27.9. The second kappa shape index (κ2) is 10.2. The topological polar surface area (TPSA) is 129 Å². The summed E-state index contributed by atoms with van der Waals surface area (Å²) in [6, 6.07) is 30.2. The number of aromatic hydroxyl groups is 1. The lowest BCUT2D eigenvalue weighted by molar-refractivity contribution is -0.196. The van der Waals surface area contributed by atoms with Gasteiger partial charge in [0.05, 0.1) is 6.61 Å². The van der Waals surface area contributed by atoms with Gasteiger partial charge in [-0.25, -0.2) is 0 Å². The third-order valence-corrected chi connectivity index (χ3v) is 7.44. The van der Waals surface area contributed by atoms with Gasteiger partial charge in [-0.2, -0.15) is 5.10 Å². The summed E-state index contributed by atoms with van der Waals surface area (Å²) in [6.07, 6.45) is -2.52. The summed E-state index contributed by atoms with van der Waals surface area (Å²) in [5, 5.41) is 17.3. The summed E-state index contributed by atoms with van der Waals surface area (Å²) in [5.41, 5.74) is 7.24. The van der Waals surface area contributed by atoms with Crippen molar-refractivity contribution in [3.63, 3.8) is 0 Å². The number of benzene rings is 3. The van der Waals surface area contributed by atoms with Crippen molar-refractivity contribution in [3.05, 3.63) is 119 Å². The number of carbonyl (C=O) groups excluding carboxylic acids is 1. The molecule has 4 aromatic rings. The predicted octanol–water partition coefficient (Wildman–Crippen LogP) is 4.18. The standard InChI is InChI=1S/C31H31N3O6/c1-30(2)39-26-22(38-27(28(26)40-30)23-25(35)24(29(32)36)34-33-23)18-37-31(19-12-6-3-7-13-19,20-14-8-4-9-15-20)21-16-10-5-11-17-21/h3-17,22,26-28,35H,18H2,1-2H3,(H2,32,36)(H,33,34)/t22-,26?,27+,28?/m1/s1. The smallest absolute Gasteiger partial charge is 0.270 e. The lowest BCUT2D eigenvalue weighted by Gasteiger charge is -2.37. The number of H-pyrrole nitrogens is 1. The average molecular weight is 542 g/mol. The maximum Gasteiger partial charge on any atom is 0.270 e. The SMILES string of the molecule is CC1(C)OC2C(O1)[C@H](c1n[nH]c(C(N)=O)c1O)O[C@@H]2COC(c1ccccc1)(c1ccccc1)c1ccccc1. The highest BCUT2D eigenvalue weighted by atomic mass is 16.8. The Bertz CT molecular complexity index is 1380. The van der Waals surface area contributed by atoms with Crippen LogP contribution in [0.4, 0.5) is 0 Å². The van der Waals surface area contributed by atoms with Gasteiger partial charge in [0.15, 0.2) is 17.2 Å². The zero-order valence-corrected chi connectivity index (χ0v) is 22.2. The normalized spacial score (nSPS) is 23.6. The van der Waals surface area contributed by atoms with Crippen molar-refractivity contribution in [2.45, 2.75) is 49.7 Å². The number of nitrogens with one attached hydrogen (secondary N) is 1. The Labute approximate surface area is 231 Å². The van der Waals surface area contributed by atoms with E-state index >= 15 is 0 Å². The van der Waals surface area contributed by atoms with Crippen LogP contribution in [0.5, 0.6) is 5.75 Å². The number of hydrogen-bond donors (Lipinski definition) is 3. The van der Waals surface area contributed by atoms with Crippen molar-refractivity contribution in [1.29, 1.82) is 0 Å². The summed E-state index contributed by atoms with van der Waals surface area (Å²) >= 11 is 0. The fourth-order valence-electron chi connectivity index (χ4n) is 5.73. The van der Waals surface area contributed by atoms with Crippen LogP contribution in [0.1, 0.15) is 52.8 Å². The molecule has 2 aliphatic heterocycles. The van der Waals surface area contributed by atoms with Gasteiger partial charge >= 0.3 is 0 Å². The van der Waals surface area contributed by atoms with Crippen LogP contribution in [0, 0.1) is 0 Å². The molecule has 0 bridgehead atoms. The van der Waals surface area contributed by atoms with Crippen molar-refractivity contribution >= 4 is 5.91 Å². The summed E-state index contributed by atoms with van der Waals surface area (Å²) in [5.74, 6) is -2.09. The molecule has 9 nitrogen and oxygen atoms in total. The fraction of sp³-hybridized carbons (Fsp3) is 0.290. The van der Waals surface area contributed by atoms with E-state index in [0.717, 1.165) is 16.7 Å². The Balaban J connectivity index is 1.39. The molecule has 4 atom stereocenters. The van der Waals surface area contributed by atoms with Gasteiger partial charge in [-0.15, -0.1) is 0 Å². The summed E-state index contributed by atoms with van der Waals surface area (Å²) in [7, 11) is 0. The molecule has 2 fully saturated rings. The molecule has 1 amide bonds. The van der Waals surface area contributed by atoms with Gasteiger partial charge in [-0.3, -0.25) is 9.89 Å². The monoisotopic (exact) mass is 541 g/mol. The minimum absolute atomic E-state index is 0.129. The molecule has 6 rings (SSSR count). The Morgan fingerprint density at radius 2 is 1.43 bits per heavy atom. The zero-order valence-electron chi connectivity index (χ0n) is 22.2. The number of amides is 1. The Hall–Kier alpha value is -4.02. The Kier molecular flexibility index (Phi) is 6.67. The number of nitrogens with two attached hydrogens (primary N) is 1. The maximum absolute atomic E-state index is 11.7. The second-order valence-electron chi connectivity index (χ2n) is 10.4. The minimum Gasteiger partial charge on any atom is -0.504 e. The average Bonchev–Trinajstić information content (AvgIpc) is 3.61. The molecular formula is C31H31N3O6. The molecule has 3 aromatic carbocycles. The number of carbonyl (C=O) groups is 1. The van der Waals surface area contributed by atoms with Crippen molar-refractivity contribution in [2.24, 2.45) is 5.73 Å². The van der Waals surface area contributed by atoms with Crippen LogP contribution in [-0.2, 0) is 24.5 Å². The van der Waals surface area contributed by atoms with Gasteiger partial charge in [0.1, 0.15) is 35.7 Å². The molecule has 2 aliphatic rings. The molecule has 1 aromatic heterocycles. The third-order valence-electron chi connectivity index (χ3n) is 7.44. The predicted molar refractivity (Wildman–Crippen MR) is 145 cm³/mol. The van der Waals surface area contributed by atoms with Gasteiger partial charge in [-0.1, -0.05) is 91.0 Å². The molecule has 3 heterocycles. The molecule has 9 heteroatoms. The van der Waals surface area contributed by atoms with E-state index in [1.165, 1.54) is 0 Å². The van der Waals surface area contributed by atoms with Gasteiger partial charge in [0, 0.05) is 0 Å². The number of hydrogen-bond acceptors (Lipinski definition) is 7. The van der Waals surface area contributed by atoms with Crippen LogP contribution >= 0.6 is 0 Å². The highest BCUT2D eigenvalue weighted by Crippen LogP contribution is 2.48. The number of fused-ring (bicyclic) bond motifs is 1. The van der Waals surface area contributed by atoms with Gasteiger partial charge in [0.2, 0.25) is 0 Å². The van der Waals surface area contributed by atoms with Crippen molar-refractivity contribution in [3.8, 4) is 5.75 Å². The number of nitrogens with zero attached hydrogens (tertiary/aromatic N) is 1. The number of ether oxygens (including phenoxy) is 4. The van der Waals surface area contributed by atoms with Crippen LogP contribution in [0.15, 0.2) is 91.0 Å². The molecule has 206 valence electrons. The van der Waals surface area contributed by atoms with Crippen LogP contribution in [-0.4, -0.2) is 51.9 Å². The third kappa shape index (κ3) is 4.47. The van der Waals surface area contributed by atoms with E-state index in [2.05, 4.69) is 10.2 Å². The number of primary amides is 1. The number of aromatic amines is 1. The van der Waals surface area contributed by atoms with Crippen molar-refractivity contribution < 1.29 is 28.8 Å². The molecule has 0 spiro atoms. The van der Waals surface area contributed by atoms with Crippen LogP contribution in [0.25, 0.3) is 0 Å². The quantitative estimate of drug-likeness (QED) is 0.285. The first-order valence-corrected chi connectivity index (χ1v) is 13.2. The maximum atomic E-state index is 11.7. The molecule has 40 heavy (non-hydrogen) atoms. The van der Waals surface area contributed by atoms with E-state index in [9.17, 15) is 9.90 Å². The summed E-state index contributed by atoms with van der Waals surface area (Å²) in [6.45, 7) is 3.77. The van der Waals surface area contributed by atoms with Crippen LogP contribution in [0.3, 0.4) is 0 Å². The number of rotatable bonds is 8.